The van der Waals surface area contributed by atoms with Gasteiger partial charge in [0, 0.05) is 19.4 Å². The molecule has 0 fully saturated rings. The lowest BCUT2D eigenvalue weighted by molar-refractivity contribution is -0.161. The summed E-state index contributed by atoms with van der Waals surface area (Å²) in [6.45, 7) is 4.20. The zero-order chi connectivity index (χ0) is 38.2. The number of hydrogen-bond donors (Lipinski definition) is 2. The Balaban J connectivity index is 4.25. The second-order valence-electron chi connectivity index (χ2n) is 14.2. The summed E-state index contributed by atoms with van der Waals surface area (Å²) >= 11 is 0. The molecule has 0 saturated carbocycles. The Bertz CT molecular complexity index is 912. The van der Waals surface area contributed by atoms with E-state index in [9.17, 15) is 19.0 Å². The summed E-state index contributed by atoms with van der Waals surface area (Å²) in [7, 11) is -2.65. The summed E-state index contributed by atoms with van der Waals surface area (Å²) in [5.74, 6) is -0.822. The zero-order valence-corrected chi connectivity index (χ0v) is 34.7. The normalized spacial score (nSPS) is 13.5. The number of hydrogen-bond acceptors (Lipinski definition) is 8. The summed E-state index contributed by atoms with van der Waals surface area (Å²) in [6.07, 6.45) is 39.3. The Hall–Kier alpha value is -1.51. The molecule has 10 heteroatoms. The Morgan fingerprint density at radius 2 is 0.981 bits per heavy atom. The fourth-order valence-corrected chi connectivity index (χ4v) is 6.53. The quantitative estimate of drug-likeness (QED) is 0.0272. The van der Waals surface area contributed by atoms with E-state index in [1.165, 1.54) is 89.9 Å². The third kappa shape index (κ3) is 38.2. The number of nitrogens with one attached hydrogen (secondary N) is 1. The van der Waals surface area contributed by atoms with Crippen LogP contribution in [0.3, 0.4) is 0 Å². The predicted octanol–water partition coefficient (Wildman–Crippen LogP) is 11.9. The van der Waals surface area contributed by atoms with Crippen LogP contribution in [0, 0.1) is 0 Å². The first-order chi connectivity index (χ1) is 25.3. The number of carbonyl (C=O) groups is 2. The highest BCUT2D eigenvalue weighted by molar-refractivity contribution is 7.47. The fraction of sp³-hybridized carbons (Fsp3) is 0.857. The van der Waals surface area contributed by atoms with Gasteiger partial charge in [0.15, 0.2) is 6.10 Å². The van der Waals surface area contributed by atoms with Crippen LogP contribution in [0.25, 0.3) is 0 Å². The van der Waals surface area contributed by atoms with Gasteiger partial charge >= 0.3 is 19.8 Å². The van der Waals surface area contributed by atoms with E-state index in [-0.39, 0.29) is 32.0 Å². The van der Waals surface area contributed by atoms with Crippen molar-refractivity contribution in [2.24, 2.45) is 0 Å². The predicted molar refractivity (Wildman–Crippen MR) is 215 cm³/mol. The number of carbonyl (C=O) groups excluding carboxylic acids is 2. The molecule has 306 valence electrons. The van der Waals surface area contributed by atoms with E-state index in [1.807, 2.05) is 0 Å². The van der Waals surface area contributed by atoms with Crippen molar-refractivity contribution in [3.8, 4) is 0 Å². The van der Waals surface area contributed by atoms with Crippen molar-refractivity contribution in [1.29, 1.82) is 0 Å². The molecule has 0 spiro atoms. The van der Waals surface area contributed by atoms with Gasteiger partial charge < -0.3 is 19.7 Å². The second kappa shape index (κ2) is 39.2. The number of phosphoric ester groups is 1. The second-order valence-corrected chi connectivity index (χ2v) is 15.6. The minimum atomic E-state index is -4.35. The fourth-order valence-electron chi connectivity index (χ4n) is 5.78. The van der Waals surface area contributed by atoms with Gasteiger partial charge in [-0.25, -0.2) is 4.57 Å². The molecule has 0 saturated heterocycles. The lowest BCUT2D eigenvalue weighted by Gasteiger charge is -2.20. The molecule has 0 aromatic carbocycles. The van der Waals surface area contributed by atoms with E-state index in [4.69, 9.17) is 18.5 Å². The molecular formula is C42H80NO8P. The summed E-state index contributed by atoms with van der Waals surface area (Å²) in [5, 5.41) is 2.82. The van der Waals surface area contributed by atoms with E-state index in [0.717, 1.165) is 70.6 Å². The number of likely N-dealkylation sites (N-methyl/N-ethyl adjacent to an activating group) is 1. The van der Waals surface area contributed by atoms with E-state index < -0.39 is 26.5 Å². The van der Waals surface area contributed by atoms with Crippen molar-refractivity contribution in [3.63, 3.8) is 0 Å². The molecule has 9 nitrogen and oxygen atoms in total. The highest BCUT2D eigenvalue weighted by atomic mass is 31.2. The van der Waals surface area contributed by atoms with Crippen LogP contribution in [-0.4, -0.2) is 56.3 Å². The molecule has 2 N–H and O–H groups in total. The smallest absolute Gasteiger partial charge is 0.462 e. The molecule has 0 aliphatic rings. The van der Waals surface area contributed by atoms with Gasteiger partial charge in [0.25, 0.3) is 0 Å². The topological polar surface area (TPSA) is 120 Å². The summed E-state index contributed by atoms with van der Waals surface area (Å²) in [6, 6.07) is 0. The molecule has 0 aromatic rings. The van der Waals surface area contributed by atoms with Crippen molar-refractivity contribution in [1.82, 2.24) is 5.32 Å². The Morgan fingerprint density at radius 1 is 0.577 bits per heavy atom. The molecule has 0 rings (SSSR count). The first kappa shape index (κ1) is 50.5. The SMILES string of the molecule is CCCCCCCCC=CCCCCCCCC(=O)OCC(COP(=O)(O)OCCNC)OC(=O)CCCCCCCC=CCCCCCCCC. The summed E-state index contributed by atoms with van der Waals surface area (Å²) in [5.41, 5.74) is 0. The monoisotopic (exact) mass is 758 g/mol. The van der Waals surface area contributed by atoms with Crippen LogP contribution in [0.15, 0.2) is 24.3 Å². The minimum absolute atomic E-state index is 0.0187. The maximum absolute atomic E-state index is 12.6. The first-order valence-corrected chi connectivity index (χ1v) is 22.8. The van der Waals surface area contributed by atoms with Gasteiger partial charge in [0.2, 0.25) is 0 Å². The van der Waals surface area contributed by atoms with E-state index >= 15 is 0 Å². The molecule has 2 unspecified atom stereocenters. The maximum Gasteiger partial charge on any atom is 0.472 e. The van der Waals surface area contributed by atoms with Gasteiger partial charge in [-0.05, 0) is 71.3 Å². The van der Waals surface area contributed by atoms with Crippen LogP contribution in [0.2, 0.25) is 0 Å². The molecule has 0 aromatic heterocycles. The molecule has 52 heavy (non-hydrogen) atoms. The molecule has 0 amide bonds. The lowest BCUT2D eigenvalue weighted by atomic mass is 10.1. The van der Waals surface area contributed by atoms with Crippen LogP contribution < -0.4 is 5.32 Å². The van der Waals surface area contributed by atoms with E-state index in [1.54, 1.807) is 7.05 Å². The van der Waals surface area contributed by atoms with Crippen LogP contribution in [0.1, 0.15) is 194 Å². The number of ether oxygens (including phenoxy) is 2. The molecule has 0 aliphatic carbocycles. The van der Waals surface area contributed by atoms with Gasteiger partial charge in [0.05, 0.1) is 13.2 Å². The molecule has 0 aliphatic heterocycles. The average molecular weight is 758 g/mol. The molecular weight excluding hydrogens is 677 g/mol. The molecule has 0 bridgehead atoms. The number of unbranched alkanes of at least 4 members (excludes halogenated alkanes) is 22. The highest BCUT2D eigenvalue weighted by Crippen LogP contribution is 2.43. The largest absolute Gasteiger partial charge is 0.472 e. The van der Waals surface area contributed by atoms with Crippen LogP contribution in [0.4, 0.5) is 0 Å². The molecule has 0 radical (unpaired) electrons. The van der Waals surface area contributed by atoms with Gasteiger partial charge in [-0.1, -0.05) is 141 Å². The first-order valence-electron chi connectivity index (χ1n) is 21.3. The Labute approximate surface area is 319 Å². The third-order valence-electron chi connectivity index (χ3n) is 9.04. The van der Waals surface area contributed by atoms with Gasteiger partial charge in [-0.3, -0.25) is 18.6 Å². The van der Waals surface area contributed by atoms with Gasteiger partial charge in [-0.15, -0.1) is 0 Å². The molecule has 0 heterocycles. The molecule has 2 atom stereocenters. The van der Waals surface area contributed by atoms with Crippen molar-refractivity contribution < 1.29 is 37.6 Å². The Morgan fingerprint density at radius 3 is 1.42 bits per heavy atom. The summed E-state index contributed by atoms with van der Waals surface area (Å²) < 4.78 is 33.1. The third-order valence-corrected chi connectivity index (χ3v) is 10.0. The van der Waals surface area contributed by atoms with Crippen LogP contribution >= 0.6 is 7.82 Å². The highest BCUT2D eigenvalue weighted by Gasteiger charge is 2.26. The van der Waals surface area contributed by atoms with Crippen molar-refractivity contribution in [2.45, 2.75) is 200 Å². The zero-order valence-electron chi connectivity index (χ0n) is 33.8. The van der Waals surface area contributed by atoms with Crippen molar-refractivity contribution in [3.05, 3.63) is 24.3 Å². The maximum atomic E-state index is 12.6. The summed E-state index contributed by atoms with van der Waals surface area (Å²) in [4.78, 5) is 35.0. The standard InChI is InChI=1S/C42H80NO8P/c1-4-6-8-10-12-14-16-18-20-22-24-26-28-30-32-34-41(44)48-38-40(39-50-52(46,47)49-37-36-43-3)51-42(45)35-33-31-29-27-25-23-21-19-17-15-13-11-9-7-5-2/h18-21,40,43H,4-17,22-39H2,1-3H3,(H,46,47). The van der Waals surface area contributed by atoms with Crippen LogP contribution in [0.5, 0.6) is 0 Å². The van der Waals surface area contributed by atoms with Crippen molar-refractivity contribution in [2.75, 3.05) is 33.4 Å². The Kier molecular flexibility index (Phi) is 38.1. The number of allylic oxidation sites excluding steroid dienone is 4. The lowest BCUT2D eigenvalue weighted by Crippen LogP contribution is -2.29. The van der Waals surface area contributed by atoms with E-state index in [0.29, 0.717) is 13.0 Å². The van der Waals surface area contributed by atoms with Gasteiger partial charge in [0.1, 0.15) is 6.61 Å². The minimum Gasteiger partial charge on any atom is -0.462 e. The van der Waals surface area contributed by atoms with Crippen LogP contribution in [-0.2, 0) is 32.7 Å². The number of rotatable bonds is 40. The van der Waals surface area contributed by atoms with Gasteiger partial charge in [-0.2, -0.15) is 0 Å². The van der Waals surface area contributed by atoms with Crippen molar-refractivity contribution >= 4 is 19.8 Å². The average Bonchev–Trinajstić information content (AvgIpc) is 3.12. The number of esters is 2. The number of phosphoric acid groups is 1. The van der Waals surface area contributed by atoms with E-state index in [2.05, 4.69) is 43.5 Å².